The zero-order chi connectivity index (χ0) is 17.0. The van der Waals surface area contributed by atoms with Gasteiger partial charge < -0.3 is 16.0 Å². The lowest BCUT2D eigenvalue weighted by Crippen LogP contribution is -2.47. The summed E-state index contributed by atoms with van der Waals surface area (Å²) in [5.41, 5.74) is 8.16. The van der Waals surface area contributed by atoms with Crippen LogP contribution in [0.1, 0.15) is 43.9 Å². The Hall–Kier alpha value is -1.88. The fourth-order valence-corrected chi connectivity index (χ4v) is 2.97. The number of benzene rings is 1. The Morgan fingerprint density at radius 1 is 1.39 bits per heavy atom. The van der Waals surface area contributed by atoms with Gasteiger partial charge in [-0.25, -0.2) is 0 Å². The van der Waals surface area contributed by atoms with E-state index >= 15 is 0 Å². The lowest BCUT2D eigenvalue weighted by molar-refractivity contribution is -0.134. The van der Waals surface area contributed by atoms with Crippen LogP contribution in [0.5, 0.6) is 0 Å². The van der Waals surface area contributed by atoms with Gasteiger partial charge in [0, 0.05) is 6.54 Å². The number of hydrogen-bond acceptors (Lipinski definition) is 3. The summed E-state index contributed by atoms with van der Waals surface area (Å²) >= 11 is 0. The fourth-order valence-electron chi connectivity index (χ4n) is 2.97. The molecule has 3 N–H and O–H groups in total. The zero-order valence-corrected chi connectivity index (χ0v) is 14.2. The summed E-state index contributed by atoms with van der Waals surface area (Å²) in [6.07, 6.45) is 1.96. The minimum absolute atomic E-state index is 0.0154. The van der Waals surface area contributed by atoms with Crippen LogP contribution in [-0.4, -0.2) is 35.8 Å². The number of carbonyl (C=O) groups is 2. The van der Waals surface area contributed by atoms with E-state index in [4.69, 9.17) is 5.73 Å². The van der Waals surface area contributed by atoms with Crippen molar-refractivity contribution in [3.63, 3.8) is 0 Å². The molecule has 5 heteroatoms. The highest BCUT2D eigenvalue weighted by Crippen LogP contribution is 2.32. The second-order valence-electron chi connectivity index (χ2n) is 6.65. The van der Waals surface area contributed by atoms with Crippen molar-refractivity contribution in [3.05, 3.63) is 35.4 Å². The van der Waals surface area contributed by atoms with Crippen LogP contribution in [0.2, 0.25) is 0 Å². The highest BCUT2D eigenvalue weighted by Gasteiger charge is 2.30. The molecule has 1 saturated heterocycles. The number of amides is 2. The first-order valence-electron chi connectivity index (χ1n) is 8.29. The molecule has 0 saturated carbocycles. The number of hydrogen-bond donors (Lipinski definition) is 2. The Bertz CT molecular complexity index is 571. The van der Waals surface area contributed by atoms with E-state index < -0.39 is 6.04 Å². The third-order valence-electron chi connectivity index (χ3n) is 4.43. The van der Waals surface area contributed by atoms with Gasteiger partial charge in [0.2, 0.25) is 11.8 Å². The predicted octanol–water partition coefficient (Wildman–Crippen LogP) is 1.76. The maximum Gasteiger partial charge on any atom is 0.242 e. The monoisotopic (exact) mass is 317 g/mol. The van der Waals surface area contributed by atoms with Gasteiger partial charge in [-0.15, -0.1) is 0 Å². The average Bonchev–Trinajstić information content (AvgIpc) is 3.01. The van der Waals surface area contributed by atoms with Gasteiger partial charge in [0.1, 0.15) is 0 Å². The van der Waals surface area contributed by atoms with Crippen LogP contribution < -0.4 is 11.1 Å². The van der Waals surface area contributed by atoms with E-state index in [9.17, 15) is 9.59 Å². The number of nitrogens with zero attached hydrogens (tertiary/aromatic N) is 1. The Morgan fingerprint density at radius 3 is 2.78 bits per heavy atom. The molecule has 1 aromatic rings. The van der Waals surface area contributed by atoms with Crippen LogP contribution in [0, 0.1) is 12.8 Å². The topological polar surface area (TPSA) is 75.4 Å². The summed E-state index contributed by atoms with van der Waals surface area (Å²) < 4.78 is 0. The molecule has 23 heavy (non-hydrogen) atoms. The van der Waals surface area contributed by atoms with Crippen LogP contribution in [0.3, 0.4) is 0 Å². The molecule has 0 bridgehead atoms. The quantitative estimate of drug-likeness (QED) is 0.869. The van der Waals surface area contributed by atoms with Crippen LogP contribution in [-0.2, 0) is 9.59 Å². The van der Waals surface area contributed by atoms with E-state index in [0.717, 1.165) is 19.4 Å². The van der Waals surface area contributed by atoms with E-state index in [1.54, 1.807) is 0 Å². The molecule has 0 aliphatic carbocycles. The normalized spacial score (nSPS) is 19.0. The SMILES string of the molecule is Cc1cccc(C2CCCN2C(=O)CNC(=O)[C@@H](N)C(C)C)c1. The third-order valence-corrected chi connectivity index (χ3v) is 4.43. The number of nitrogens with two attached hydrogens (primary N) is 1. The lowest BCUT2D eigenvalue weighted by atomic mass is 10.0. The maximum atomic E-state index is 12.5. The number of aryl methyl sites for hydroxylation is 1. The average molecular weight is 317 g/mol. The van der Waals surface area contributed by atoms with Gasteiger partial charge >= 0.3 is 0 Å². The van der Waals surface area contributed by atoms with Crippen molar-refractivity contribution in [1.82, 2.24) is 10.2 Å². The molecule has 2 atom stereocenters. The molecule has 1 fully saturated rings. The van der Waals surface area contributed by atoms with Crippen molar-refractivity contribution in [2.45, 2.75) is 45.7 Å². The molecule has 1 unspecified atom stereocenters. The minimum Gasteiger partial charge on any atom is -0.346 e. The molecular formula is C18H27N3O2. The van der Waals surface area contributed by atoms with Crippen molar-refractivity contribution >= 4 is 11.8 Å². The van der Waals surface area contributed by atoms with Crippen molar-refractivity contribution in [3.8, 4) is 0 Å². The summed E-state index contributed by atoms with van der Waals surface area (Å²) in [4.78, 5) is 26.2. The molecule has 1 aliphatic rings. The number of carbonyl (C=O) groups excluding carboxylic acids is 2. The van der Waals surface area contributed by atoms with Crippen molar-refractivity contribution < 1.29 is 9.59 Å². The predicted molar refractivity (Wildman–Crippen MR) is 90.7 cm³/mol. The van der Waals surface area contributed by atoms with Gasteiger partial charge in [-0.1, -0.05) is 43.7 Å². The third kappa shape index (κ3) is 4.32. The van der Waals surface area contributed by atoms with E-state index in [1.807, 2.05) is 24.8 Å². The number of nitrogens with one attached hydrogen (secondary N) is 1. The van der Waals surface area contributed by atoms with Gasteiger partial charge in [-0.3, -0.25) is 9.59 Å². The second-order valence-corrected chi connectivity index (χ2v) is 6.65. The first-order chi connectivity index (χ1) is 10.9. The van der Waals surface area contributed by atoms with Gasteiger partial charge in [-0.2, -0.15) is 0 Å². The van der Waals surface area contributed by atoms with E-state index in [1.165, 1.54) is 11.1 Å². The lowest BCUT2D eigenvalue weighted by Gasteiger charge is -2.26. The van der Waals surface area contributed by atoms with Crippen LogP contribution in [0.25, 0.3) is 0 Å². The molecule has 1 heterocycles. The second kappa shape index (κ2) is 7.59. The molecule has 1 aliphatic heterocycles. The Balaban J connectivity index is 1.97. The first kappa shape index (κ1) is 17.5. The maximum absolute atomic E-state index is 12.5. The van der Waals surface area contributed by atoms with Gasteiger partial charge in [-0.05, 0) is 31.2 Å². The van der Waals surface area contributed by atoms with E-state index in [2.05, 4.69) is 30.4 Å². The van der Waals surface area contributed by atoms with Gasteiger partial charge in [0.25, 0.3) is 0 Å². The van der Waals surface area contributed by atoms with Crippen molar-refractivity contribution in [2.75, 3.05) is 13.1 Å². The Morgan fingerprint density at radius 2 is 2.13 bits per heavy atom. The number of rotatable bonds is 5. The van der Waals surface area contributed by atoms with Crippen LogP contribution in [0.15, 0.2) is 24.3 Å². The molecule has 2 rings (SSSR count). The Kier molecular flexibility index (Phi) is 5.77. The largest absolute Gasteiger partial charge is 0.346 e. The van der Waals surface area contributed by atoms with Crippen molar-refractivity contribution in [2.24, 2.45) is 11.7 Å². The first-order valence-corrected chi connectivity index (χ1v) is 8.29. The molecule has 1 aromatic carbocycles. The van der Waals surface area contributed by atoms with Crippen molar-refractivity contribution in [1.29, 1.82) is 0 Å². The summed E-state index contributed by atoms with van der Waals surface area (Å²) in [5, 5.41) is 2.67. The minimum atomic E-state index is -0.575. The van der Waals surface area contributed by atoms with E-state index in [-0.39, 0.29) is 30.3 Å². The highest BCUT2D eigenvalue weighted by atomic mass is 16.2. The summed E-state index contributed by atoms with van der Waals surface area (Å²) in [5.74, 6) is -0.255. The van der Waals surface area contributed by atoms with Gasteiger partial charge in [0.15, 0.2) is 0 Å². The van der Waals surface area contributed by atoms with Gasteiger partial charge in [0.05, 0.1) is 18.6 Å². The standard InChI is InChI=1S/C18H27N3O2/c1-12(2)17(19)18(23)20-11-16(22)21-9-5-8-15(21)14-7-4-6-13(3)10-14/h4,6-7,10,12,15,17H,5,8-9,11,19H2,1-3H3,(H,20,23)/t15?,17-/m0/s1. The zero-order valence-electron chi connectivity index (χ0n) is 14.2. The van der Waals surface area contributed by atoms with Crippen LogP contribution >= 0.6 is 0 Å². The summed E-state index contributed by atoms with van der Waals surface area (Å²) in [7, 11) is 0. The molecule has 0 radical (unpaired) electrons. The molecule has 126 valence electrons. The summed E-state index contributed by atoms with van der Waals surface area (Å²) in [6.45, 7) is 6.59. The molecule has 2 amide bonds. The summed E-state index contributed by atoms with van der Waals surface area (Å²) in [6, 6.07) is 7.81. The molecular weight excluding hydrogens is 290 g/mol. The van der Waals surface area contributed by atoms with Crippen LogP contribution in [0.4, 0.5) is 0 Å². The van der Waals surface area contributed by atoms with E-state index in [0.29, 0.717) is 0 Å². The fraction of sp³-hybridized carbons (Fsp3) is 0.556. The molecule has 0 aromatic heterocycles. The number of likely N-dealkylation sites (tertiary alicyclic amines) is 1. The smallest absolute Gasteiger partial charge is 0.242 e. The Labute approximate surface area is 138 Å². The molecule has 0 spiro atoms. The highest BCUT2D eigenvalue weighted by molar-refractivity contribution is 5.87. The molecule has 5 nitrogen and oxygen atoms in total.